The van der Waals surface area contributed by atoms with Gasteiger partial charge in [0.25, 0.3) is 5.24 Å². The third-order valence-corrected chi connectivity index (χ3v) is 4.36. The molecule has 5 nitrogen and oxygen atoms in total. The molecule has 1 fully saturated rings. The minimum atomic E-state index is 0.141. The van der Waals surface area contributed by atoms with Crippen molar-refractivity contribution in [3.05, 3.63) is 30.3 Å². The van der Waals surface area contributed by atoms with Gasteiger partial charge in [0, 0.05) is 25.7 Å². The summed E-state index contributed by atoms with van der Waals surface area (Å²) in [5.41, 5.74) is 1.81. The average Bonchev–Trinajstić information content (AvgIpc) is 2.76. The molecule has 0 spiro atoms. The van der Waals surface area contributed by atoms with Gasteiger partial charge in [-0.2, -0.15) is 0 Å². The van der Waals surface area contributed by atoms with E-state index in [-0.39, 0.29) is 11.3 Å². The number of carbonyl (C=O) groups excluding carboxylic acids is 1. The molecule has 3 rings (SSSR count). The predicted octanol–water partition coefficient (Wildman–Crippen LogP) is 2.57. The maximum Gasteiger partial charge on any atom is 0.281 e. The first-order valence-electron chi connectivity index (χ1n) is 7.01. The van der Waals surface area contributed by atoms with Gasteiger partial charge >= 0.3 is 0 Å². The molecule has 21 heavy (non-hydrogen) atoms. The van der Waals surface area contributed by atoms with E-state index in [4.69, 9.17) is 0 Å². The summed E-state index contributed by atoms with van der Waals surface area (Å²) in [7, 11) is 0. The second kappa shape index (κ2) is 5.89. The van der Waals surface area contributed by atoms with Gasteiger partial charge < -0.3 is 9.80 Å². The van der Waals surface area contributed by atoms with Crippen molar-refractivity contribution in [2.75, 3.05) is 30.8 Å². The van der Waals surface area contributed by atoms with E-state index in [0.717, 1.165) is 37.0 Å². The molecule has 0 aromatic heterocycles. The Bertz CT molecular complexity index is 590. The lowest BCUT2D eigenvalue weighted by Crippen LogP contribution is -2.53. The molecule has 2 aliphatic heterocycles. The molecule has 1 saturated heterocycles. The maximum absolute atomic E-state index is 11.8. The summed E-state index contributed by atoms with van der Waals surface area (Å²) in [6, 6.07) is 10.1. The van der Waals surface area contributed by atoms with Crippen LogP contribution < -0.4 is 4.90 Å². The zero-order valence-electron chi connectivity index (χ0n) is 12.2. The van der Waals surface area contributed by atoms with E-state index in [2.05, 4.69) is 21.8 Å². The van der Waals surface area contributed by atoms with Crippen LogP contribution in [0.3, 0.4) is 0 Å². The first kappa shape index (κ1) is 14.1. The fraction of sp³-hybridized carbons (Fsp3) is 0.400. The van der Waals surface area contributed by atoms with E-state index in [1.165, 1.54) is 11.8 Å². The normalized spacial score (nSPS) is 19.0. The average molecular weight is 302 g/mol. The third-order valence-electron chi connectivity index (χ3n) is 3.75. The van der Waals surface area contributed by atoms with Crippen LogP contribution in [0.15, 0.2) is 30.3 Å². The number of hydrogen-bond donors (Lipinski definition) is 0. The smallest absolute Gasteiger partial charge is 0.281 e. The Morgan fingerprint density at radius 1 is 1.19 bits per heavy atom. The van der Waals surface area contributed by atoms with Crippen LogP contribution in [0.1, 0.15) is 6.92 Å². The molecule has 2 heterocycles. The number of nitrogens with zero attached hydrogens (tertiary/aromatic N) is 4. The summed E-state index contributed by atoms with van der Waals surface area (Å²) in [5.74, 6) is 0.764. The monoisotopic (exact) mass is 302 g/mol. The van der Waals surface area contributed by atoms with Gasteiger partial charge in [0.1, 0.15) is 0 Å². The van der Waals surface area contributed by atoms with Gasteiger partial charge in [-0.1, -0.05) is 30.0 Å². The van der Waals surface area contributed by atoms with Gasteiger partial charge in [-0.05, 0) is 25.3 Å². The topological polar surface area (TPSA) is 49.3 Å². The molecule has 110 valence electrons. The minimum Gasteiger partial charge on any atom is -0.335 e. The van der Waals surface area contributed by atoms with Crippen LogP contribution in [0.25, 0.3) is 11.4 Å². The lowest BCUT2D eigenvalue weighted by atomic mass is 10.2. The van der Waals surface area contributed by atoms with Crippen molar-refractivity contribution < 1.29 is 4.79 Å². The Kier molecular flexibility index (Phi) is 3.96. The zero-order valence-corrected chi connectivity index (χ0v) is 13.0. The van der Waals surface area contributed by atoms with Crippen molar-refractivity contribution in [3.8, 4) is 11.4 Å². The van der Waals surface area contributed by atoms with Crippen LogP contribution in [0.2, 0.25) is 0 Å². The largest absolute Gasteiger partial charge is 0.335 e. The van der Waals surface area contributed by atoms with E-state index in [0.29, 0.717) is 0 Å². The standard InChI is InChI=1S/C15H18N4OS/c1-11-10-18(15(20)21-2)8-9-19(11)14-16-12-6-4-3-5-7-13(12)17-14/h3-7,11H,8-10H2,1-2H3. The Morgan fingerprint density at radius 3 is 2.43 bits per heavy atom. The van der Waals surface area contributed by atoms with Crippen molar-refractivity contribution in [2.45, 2.75) is 13.0 Å². The summed E-state index contributed by atoms with van der Waals surface area (Å²) in [5, 5.41) is 0.141. The van der Waals surface area contributed by atoms with Crippen LogP contribution in [0.5, 0.6) is 0 Å². The summed E-state index contributed by atoms with van der Waals surface area (Å²) >= 11 is 1.27. The number of thioether (sulfide) groups is 1. The molecule has 0 aromatic carbocycles. The number of hydrogen-bond acceptors (Lipinski definition) is 5. The Labute approximate surface area is 128 Å². The zero-order chi connectivity index (χ0) is 14.8. The van der Waals surface area contributed by atoms with Gasteiger partial charge in [-0.25, -0.2) is 9.97 Å². The van der Waals surface area contributed by atoms with Crippen LogP contribution in [0, 0.1) is 0 Å². The number of rotatable bonds is 1. The van der Waals surface area contributed by atoms with Crippen molar-refractivity contribution in [2.24, 2.45) is 0 Å². The molecule has 1 amide bonds. The highest BCUT2D eigenvalue weighted by Gasteiger charge is 2.29. The van der Waals surface area contributed by atoms with Crippen molar-refractivity contribution >= 4 is 22.9 Å². The van der Waals surface area contributed by atoms with Gasteiger partial charge in [-0.15, -0.1) is 0 Å². The van der Waals surface area contributed by atoms with E-state index < -0.39 is 0 Å². The van der Waals surface area contributed by atoms with Gasteiger partial charge in [0.15, 0.2) is 0 Å². The summed E-state index contributed by atoms with van der Waals surface area (Å²) in [4.78, 5) is 25.1. The number of fused-ring (bicyclic) bond motifs is 1. The van der Waals surface area contributed by atoms with Gasteiger partial charge in [0.05, 0.1) is 11.4 Å². The van der Waals surface area contributed by atoms with Crippen molar-refractivity contribution in [1.82, 2.24) is 14.9 Å². The summed E-state index contributed by atoms with van der Waals surface area (Å²) in [6.07, 6.45) is 1.83. The Morgan fingerprint density at radius 2 is 1.86 bits per heavy atom. The second-order valence-corrected chi connectivity index (χ2v) is 5.92. The lowest BCUT2D eigenvalue weighted by molar-refractivity contribution is 0.211. The second-order valence-electron chi connectivity index (χ2n) is 5.16. The van der Waals surface area contributed by atoms with Gasteiger partial charge in [0.2, 0.25) is 5.95 Å². The maximum atomic E-state index is 11.8. The Balaban J connectivity index is 1.81. The molecule has 0 saturated carbocycles. The van der Waals surface area contributed by atoms with Crippen LogP contribution in [-0.2, 0) is 0 Å². The highest BCUT2D eigenvalue weighted by molar-refractivity contribution is 8.12. The summed E-state index contributed by atoms with van der Waals surface area (Å²) < 4.78 is 0. The van der Waals surface area contributed by atoms with E-state index >= 15 is 0 Å². The number of carbonyl (C=O) groups is 1. The molecule has 6 heteroatoms. The first-order chi connectivity index (χ1) is 10.2. The van der Waals surface area contributed by atoms with Gasteiger partial charge in [-0.3, -0.25) is 4.79 Å². The number of aromatic nitrogens is 2. The molecule has 0 aromatic rings. The van der Waals surface area contributed by atoms with E-state index in [9.17, 15) is 4.79 Å². The fourth-order valence-corrected chi connectivity index (χ4v) is 3.06. The number of piperazine rings is 1. The number of imidazole rings is 1. The quantitative estimate of drug-likeness (QED) is 0.810. The van der Waals surface area contributed by atoms with E-state index in [1.807, 2.05) is 41.5 Å². The first-order valence-corrected chi connectivity index (χ1v) is 8.24. The molecule has 3 aliphatic rings. The van der Waals surface area contributed by atoms with E-state index in [1.54, 1.807) is 0 Å². The van der Waals surface area contributed by atoms with Crippen LogP contribution in [-0.4, -0.2) is 52.0 Å². The molecular weight excluding hydrogens is 284 g/mol. The lowest BCUT2D eigenvalue weighted by Gasteiger charge is -2.39. The minimum absolute atomic E-state index is 0.141. The van der Waals surface area contributed by atoms with Crippen LogP contribution in [0.4, 0.5) is 10.7 Å². The predicted molar refractivity (Wildman–Crippen MR) is 85.9 cm³/mol. The fourth-order valence-electron chi connectivity index (χ4n) is 2.64. The molecule has 1 aliphatic carbocycles. The summed E-state index contributed by atoms with van der Waals surface area (Å²) in [6.45, 7) is 4.33. The number of amides is 1. The highest BCUT2D eigenvalue weighted by Crippen LogP contribution is 2.25. The Hall–Kier alpha value is -1.82. The molecular formula is C15H18N4OS. The van der Waals surface area contributed by atoms with Crippen molar-refractivity contribution in [1.29, 1.82) is 0 Å². The number of anilines is 1. The highest BCUT2D eigenvalue weighted by atomic mass is 32.2. The molecule has 0 radical (unpaired) electrons. The molecule has 1 atom stereocenters. The van der Waals surface area contributed by atoms with Crippen molar-refractivity contribution in [3.63, 3.8) is 0 Å². The molecule has 0 N–H and O–H groups in total. The SMILES string of the molecule is CSC(=O)N1CCN(c2nc3cccccc-3n2)C(C)C1. The third kappa shape index (κ3) is 2.81. The molecule has 0 bridgehead atoms. The molecule has 1 unspecified atom stereocenters. The van der Waals surface area contributed by atoms with Crippen LogP contribution >= 0.6 is 11.8 Å².